The van der Waals surface area contributed by atoms with Crippen molar-refractivity contribution in [2.24, 2.45) is 4.99 Å². The van der Waals surface area contributed by atoms with Crippen molar-refractivity contribution in [2.45, 2.75) is 6.42 Å². The van der Waals surface area contributed by atoms with E-state index in [4.69, 9.17) is 0 Å². The first-order valence-corrected chi connectivity index (χ1v) is 3.06. The molecule has 1 saturated heterocycles. The van der Waals surface area contributed by atoms with Gasteiger partial charge in [-0.3, -0.25) is 4.99 Å². The van der Waals surface area contributed by atoms with E-state index in [1.807, 2.05) is 0 Å². The molecule has 1 fully saturated rings. The largest absolute Gasteiger partial charge is 0.310 e. The Morgan fingerprint density at radius 2 is 2.38 bits per heavy atom. The van der Waals surface area contributed by atoms with Crippen LogP contribution in [0.4, 0.5) is 0 Å². The van der Waals surface area contributed by atoms with E-state index < -0.39 is 0 Å². The van der Waals surface area contributed by atoms with Gasteiger partial charge in [0.05, 0.1) is 0 Å². The highest BCUT2D eigenvalue weighted by Crippen LogP contribution is 2.18. The van der Waals surface area contributed by atoms with E-state index >= 15 is 0 Å². The Labute approximate surface area is 49.0 Å². The second-order valence-electron chi connectivity index (χ2n) is 2.29. The van der Waals surface area contributed by atoms with Gasteiger partial charge in [-0.15, -0.1) is 0 Å². The van der Waals surface area contributed by atoms with Crippen molar-refractivity contribution in [3.05, 3.63) is 5.92 Å². The molecular formula is C6H9N2. The molecule has 1 N–H and O–H groups in total. The number of nitrogens with one attached hydrogen (secondary N) is 1. The smallest absolute Gasteiger partial charge is 0.0399 e. The maximum Gasteiger partial charge on any atom is 0.0399 e. The summed E-state index contributed by atoms with van der Waals surface area (Å²) < 4.78 is 0. The number of hydrogen-bond acceptors (Lipinski definition) is 2. The fraction of sp³-hybridized carbons (Fsp3) is 0.667. The van der Waals surface area contributed by atoms with Crippen LogP contribution in [0.25, 0.3) is 0 Å². The van der Waals surface area contributed by atoms with Gasteiger partial charge in [-0.25, -0.2) is 0 Å². The van der Waals surface area contributed by atoms with E-state index in [1.165, 1.54) is 12.1 Å². The Kier molecular flexibility index (Phi) is 0.875. The van der Waals surface area contributed by atoms with E-state index in [1.54, 1.807) is 5.92 Å². The van der Waals surface area contributed by atoms with Gasteiger partial charge in [-0.05, 0) is 6.42 Å². The molecule has 8 heavy (non-hydrogen) atoms. The summed E-state index contributed by atoms with van der Waals surface area (Å²) in [5.74, 6) is 1.55. The maximum atomic E-state index is 4.31. The third-order valence-electron chi connectivity index (χ3n) is 1.76. The average Bonchev–Trinajstić information content (AvgIpc) is 2.15. The standard InChI is InChI=1S/C6H9N2/c1-2-8-6-4-7-3-5(1)6/h7H,1-4H2. The molecule has 2 nitrogen and oxygen atoms in total. The van der Waals surface area contributed by atoms with Crippen LogP contribution in [0.5, 0.6) is 0 Å². The summed E-state index contributed by atoms with van der Waals surface area (Å²) in [4.78, 5) is 4.31. The summed E-state index contributed by atoms with van der Waals surface area (Å²) >= 11 is 0. The normalized spacial score (nSPS) is 28.2. The summed E-state index contributed by atoms with van der Waals surface area (Å²) in [7, 11) is 0. The first-order chi connectivity index (χ1) is 3.97. The monoisotopic (exact) mass is 109 g/mol. The maximum absolute atomic E-state index is 4.31. The Morgan fingerprint density at radius 3 is 3.25 bits per heavy atom. The highest BCUT2D eigenvalue weighted by molar-refractivity contribution is 6.02. The quantitative estimate of drug-likeness (QED) is 0.465. The van der Waals surface area contributed by atoms with Crippen LogP contribution in [0.2, 0.25) is 0 Å². The summed E-state index contributed by atoms with van der Waals surface area (Å²) in [5.41, 5.74) is 1.34. The molecular weight excluding hydrogens is 100 g/mol. The fourth-order valence-electron chi connectivity index (χ4n) is 1.29. The molecule has 1 radical (unpaired) electrons. The zero-order valence-electron chi connectivity index (χ0n) is 4.78. The third kappa shape index (κ3) is 0.494. The molecule has 0 aromatic carbocycles. The minimum atomic E-state index is 1.02. The molecule has 0 unspecified atom stereocenters. The summed E-state index contributed by atoms with van der Waals surface area (Å²) in [6.45, 7) is 3.17. The number of nitrogens with zero attached hydrogens (tertiary/aromatic N) is 1. The Bertz CT molecular complexity index is 128. The lowest BCUT2D eigenvalue weighted by Gasteiger charge is -1.94. The molecule has 0 aromatic heterocycles. The molecule has 0 bridgehead atoms. The lowest BCUT2D eigenvalue weighted by molar-refractivity contribution is 0.816. The van der Waals surface area contributed by atoms with Crippen molar-refractivity contribution < 1.29 is 0 Å². The second-order valence-corrected chi connectivity index (χ2v) is 2.29. The zero-order valence-corrected chi connectivity index (χ0v) is 4.78. The second kappa shape index (κ2) is 1.55. The molecule has 2 aliphatic rings. The summed E-state index contributed by atoms with van der Waals surface area (Å²) in [6, 6.07) is 0. The molecule has 0 amide bonds. The molecule has 0 atom stereocenters. The highest BCUT2D eigenvalue weighted by atomic mass is 15.0. The van der Waals surface area contributed by atoms with Crippen LogP contribution in [0.15, 0.2) is 4.99 Å². The topological polar surface area (TPSA) is 24.4 Å². The van der Waals surface area contributed by atoms with Crippen LogP contribution in [-0.2, 0) is 0 Å². The first-order valence-electron chi connectivity index (χ1n) is 3.06. The number of aliphatic imine (C=N–C) groups is 1. The summed E-state index contributed by atoms with van der Waals surface area (Å²) in [6.07, 6.45) is 1.21. The lowest BCUT2D eigenvalue weighted by atomic mass is 10.1. The molecule has 2 heteroatoms. The van der Waals surface area contributed by atoms with Crippen LogP contribution in [0, 0.1) is 5.92 Å². The average molecular weight is 109 g/mol. The number of fused-ring (bicyclic) bond motifs is 1. The molecule has 0 saturated carbocycles. The first kappa shape index (κ1) is 4.50. The van der Waals surface area contributed by atoms with Gasteiger partial charge in [0.2, 0.25) is 0 Å². The SMILES string of the molecule is C1C[C]2CNCC2=N1. The van der Waals surface area contributed by atoms with Gasteiger partial charge < -0.3 is 5.32 Å². The van der Waals surface area contributed by atoms with Gasteiger partial charge in [0.25, 0.3) is 0 Å². The van der Waals surface area contributed by atoms with Crippen molar-refractivity contribution in [3.8, 4) is 0 Å². The minimum Gasteiger partial charge on any atom is -0.310 e. The van der Waals surface area contributed by atoms with Crippen molar-refractivity contribution >= 4 is 5.71 Å². The Morgan fingerprint density at radius 1 is 1.38 bits per heavy atom. The third-order valence-corrected chi connectivity index (χ3v) is 1.76. The minimum absolute atomic E-state index is 1.02. The van der Waals surface area contributed by atoms with Crippen molar-refractivity contribution in [1.29, 1.82) is 0 Å². The lowest BCUT2D eigenvalue weighted by Crippen LogP contribution is -2.08. The van der Waals surface area contributed by atoms with Gasteiger partial charge in [0, 0.05) is 31.3 Å². The zero-order chi connectivity index (χ0) is 5.40. The summed E-state index contributed by atoms with van der Waals surface area (Å²) in [5, 5.41) is 3.26. The van der Waals surface area contributed by atoms with Gasteiger partial charge in [-0.2, -0.15) is 0 Å². The van der Waals surface area contributed by atoms with Crippen LogP contribution >= 0.6 is 0 Å². The molecule has 2 rings (SSSR count). The van der Waals surface area contributed by atoms with E-state index in [0.717, 1.165) is 19.6 Å². The van der Waals surface area contributed by atoms with E-state index in [2.05, 4.69) is 10.3 Å². The molecule has 0 spiro atoms. The van der Waals surface area contributed by atoms with Gasteiger partial charge >= 0.3 is 0 Å². The fourth-order valence-corrected chi connectivity index (χ4v) is 1.29. The number of hydrogen-bond donors (Lipinski definition) is 1. The predicted octanol–water partition coefficient (Wildman–Crippen LogP) is 0.00879. The molecule has 43 valence electrons. The van der Waals surface area contributed by atoms with E-state index in [0.29, 0.717) is 0 Å². The van der Waals surface area contributed by atoms with E-state index in [-0.39, 0.29) is 0 Å². The van der Waals surface area contributed by atoms with E-state index in [9.17, 15) is 0 Å². The molecule has 2 heterocycles. The molecule has 0 aliphatic carbocycles. The van der Waals surface area contributed by atoms with Gasteiger partial charge in [-0.1, -0.05) is 0 Å². The Balaban J connectivity index is 2.20. The predicted molar refractivity (Wildman–Crippen MR) is 33.0 cm³/mol. The highest BCUT2D eigenvalue weighted by Gasteiger charge is 2.25. The number of rotatable bonds is 0. The van der Waals surface area contributed by atoms with Gasteiger partial charge in [0.15, 0.2) is 0 Å². The molecule has 2 aliphatic heterocycles. The van der Waals surface area contributed by atoms with Crippen LogP contribution in [0.1, 0.15) is 6.42 Å². The van der Waals surface area contributed by atoms with Crippen LogP contribution < -0.4 is 5.32 Å². The van der Waals surface area contributed by atoms with Crippen molar-refractivity contribution in [1.82, 2.24) is 5.32 Å². The Hall–Kier alpha value is -0.370. The van der Waals surface area contributed by atoms with Gasteiger partial charge in [0.1, 0.15) is 0 Å². The molecule has 0 aromatic rings. The van der Waals surface area contributed by atoms with Crippen LogP contribution in [-0.4, -0.2) is 25.3 Å². The van der Waals surface area contributed by atoms with Crippen molar-refractivity contribution in [2.75, 3.05) is 19.6 Å². The van der Waals surface area contributed by atoms with Crippen molar-refractivity contribution in [3.63, 3.8) is 0 Å². The van der Waals surface area contributed by atoms with Crippen LogP contribution in [0.3, 0.4) is 0 Å².